The van der Waals surface area contributed by atoms with Crippen LogP contribution in [0.4, 0.5) is 0 Å². The second kappa shape index (κ2) is 34.2. The van der Waals surface area contributed by atoms with E-state index in [1.165, 1.54) is 25.7 Å². The molecule has 282 valence electrons. The van der Waals surface area contributed by atoms with Crippen LogP contribution in [-0.2, 0) is 28.2 Å². The third kappa shape index (κ3) is 36.8. The average molecular weight is 711 g/mol. The van der Waals surface area contributed by atoms with Crippen LogP contribution in [0, 0.1) is 0 Å². The second-order valence-corrected chi connectivity index (χ2v) is 13.6. The summed E-state index contributed by atoms with van der Waals surface area (Å²) in [5.41, 5.74) is 0. The first-order chi connectivity index (χ1) is 23.7. The molecule has 0 saturated heterocycles. The minimum absolute atomic E-state index is 0.136. The Bertz CT molecular complexity index is 996. The van der Waals surface area contributed by atoms with E-state index in [9.17, 15) is 19.3 Å². The van der Waals surface area contributed by atoms with Gasteiger partial charge < -0.3 is 24.4 Å². The maximum absolute atomic E-state index is 12.4. The zero-order chi connectivity index (χ0) is 36.3. The Kier molecular flexibility index (Phi) is 32.6. The van der Waals surface area contributed by atoms with E-state index in [2.05, 4.69) is 54.8 Å². The lowest BCUT2D eigenvalue weighted by Gasteiger charge is -2.18. The lowest BCUT2D eigenvalue weighted by Crippen LogP contribution is -2.29. The first-order valence-corrected chi connectivity index (χ1v) is 20.2. The predicted octanol–water partition coefficient (Wildman–Crippen LogP) is 9.92. The molecule has 0 aliphatic carbocycles. The third-order valence-electron chi connectivity index (χ3n) is 7.62. The fourth-order valence-corrected chi connectivity index (χ4v) is 5.18. The highest BCUT2D eigenvalue weighted by molar-refractivity contribution is 7.46. The van der Waals surface area contributed by atoms with Crippen LogP contribution in [-0.4, -0.2) is 52.3 Å². The van der Waals surface area contributed by atoms with E-state index in [1.807, 2.05) is 18.2 Å². The standard InChI is InChI=1S/C39H67O9P/c1-3-5-7-9-11-12-13-14-15-16-17-18-20-24-28-32-38(41)46-34-37(35-47-49(43,44)45)48-39(42)33-29-25-21-23-27-31-36(40)30-26-22-19-10-8-6-4-2/h6,8,11-12,14-15,19,22,26,30,36-37,40H,3-5,7,9-10,13,16-18,20-21,23-25,27-29,31-35H2,1-2H3,(H2,43,44,45)/b8-6+,12-11-,15-14-,22-19+,30-26+/t36?,37-/m1/s1. The van der Waals surface area contributed by atoms with Gasteiger partial charge in [-0.2, -0.15) is 0 Å². The Morgan fingerprint density at radius 2 is 1.22 bits per heavy atom. The van der Waals surface area contributed by atoms with Crippen LogP contribution in [0.3, 0.4) is 0 Å². The molecule has 0 spiro atoms. The molecule has 0 bridgehead atoms. The first kappa shape index (κ1) is 46.7. The van der Waals surface area contributed by atoms with Gasteiger partial charge in [0, 0.05) is 12.8 Å². The van der Waals surface area contributed by atoms with Crippen molar-refractivity contribution in [1.29, 1.82) is 0 Å². The van der Waals surface area contributed by atoms with Crippen LogP contribution in [0.2, 0.25) is 0 Å². The maximum atomic E-state index is 12.4. The molecule has 0 aromatic carbocycles. The summed E-state index contributed by atoms with van der Waals surface area (Å²) in [5.74, 6) is -0.984. The molecular formula is C39H67O9P. The topological polar surface area (TPSA) is 140 Å². The summed E-state index contributed by atoms with van der Waals surface area (Å²) in [6.07, 6.45) is 38.2. The van der Waals surface area contributed by atoms with Crippen LogP contribution in [0.1, 0.15) is 149 Å². The van der Waals surface area contributed by atoms with Gasteiger partial charge in [-0.1, -0.05) is 132 Å². The van der Waals surface area contributed by atoms with Crippen molar-refractivity contribution in [2.45, 2.75) is 161 Å². The van der Waals surface area contributed by atoms with E-state index in [0.717, 1.165) is 77.0 Å². The van der Waals surface area contributed by atoms with Crippen LogP contribution in [0.5, 0.6) is 0 Å². The summed E-state index contributed by atoms with van der Waals surface area (Å²) < 4.78 is 26.2. The Balaban J connectivity index is 4.11. The fraction of sp³-hybridized carbons (Fsp3) is 0.692. The largest absolute Gasteiger partial charge is 0.469 e. The normalized spacial score (nSPS) is 13.8. The quantitative estimate of drug-likeness (QED) is 0.0200. The summed E-state index contributed by atoms with van der Waals surface area (Å²) in [4.78, 5) is 42.7. The summed E-state index contributed by atoms with van der Waals surface area (Å²) in [5, 5.41) is 10.1. The van der Waals surface area contributed by atoms with Gasteiger partial charge in [0.15, 0.2) is 6.10 Å². The van der Waals surface area contributed by atoms with Crippen LogP contribution >= 0.6 is 7.82 Å². The number of unbranched alkanes of at least 4 members (excludes halogenated alkanes) is 12. The Labute approximate surface area is 297 Å². The molecule has 1 unspecified atom stereocenters. The third-order valence-corrected chi connectivity index (χ3v) is 8.11. The smallest absolute Gasteiger partial charge is 0.462 e. The number of rotatable bonds is 33. The SMILES string of the molecule is CC/C=C/C/C=C/C=C/C(O)CCCCCCCC(=O)O[C@H](COC(=O)CCCCCCC/C=C\C/C=C\CCCCC)COP(=O)(O)O. The van der Waals surface area contributed by atoms with Crippen molar-refractivity contribution in [3.05, 3.63) is 60.8 Å². The number of allylic oxidation sites excluding steroid dienone is 9. The van der Waals surface area contributed by atoms with Crippen molar-refractivity contribution >= 4 is 19.8 Å². The van der Waals surface area contributed by atoms with Gasteiger partial charge in [0.25, 0.3) is 0 Å². The number of hydrogen-bond acceptors (Lipinski definition) is 7. The van der Waals surface area contributed by atoms with Gasteiger partial charge in [-0.25, -0.2) is 4.57 Å². The van der Waals surface area contributed by atoms with E-state index in [0.29, 0.717) is 19.3 Å². The van der Waals surface area contributed by atoms with Crippen LogP contribution < -0.4 is 0 Å². The van der Waals surface area contributed by atoms with E-state index >= 15 is 0 Å². The molecule has 0 amide bonds. The minimum Gasteiger partial charge on any atom is -0.462 e. The molecule has 0 heterocycles. The fourth-order valence-electron chi connectivity index (χ4n) is 4.82. The number of phosphoric ester groups is 1. The van der Waals surface area contributed by atoms with Crippen molar-refractivity contribution < 1.29 is 43.0 Å². The molecule has 0 rings (SSSR count). The van der Waals surface area contributed by atoms with Crippen molar-refractivity contribution in [3.8, 4) is 0 Å². The van der Waals surface area contributed by atoms with Gasteiger partial charge >= 0.3 is 19.8 Å². The van der Waals surface area contributed by atoms with Gasteiger partial charge in [-0.15, -0.1) is 0 Å². The lowest BCUT2D eigenvalue weighted by molar-refractivity contribution is -0.161. The molecule has 0 aliphatic rings. The summed E-state index contributed by atoms with van der Waals surface area (Å²) in [7, 11) is -4.78. The molecule has 49 heavy (non-hydrogen) atoms. The summed E-state index contributed by atoms with van der Waals surface area (Å²) in [6.45, 7) is 3.41. The Morgan fingerprint density at radius 3 is 1.88 bits per heavy atom. The van der Waals surface area contributed by atoms with Gasteiger partial charge in [-0.3, -0.25) is 14.1 Å². The summed E-state index contributed by atoms with van der Waals surface area (Å²) in [6, 6.07) is 0. The van der Waals surface area contributed by atoms with Gasteiger partial charge in [0.1, 0.15) is 6.61 Å². The minimum atomic E-state index is -4.78. The maximum Gasteiger partial charge on any atom is 0.469 e. The molecule has 0 radical (unpaired) electrons. The first-order valence-electron chi connectivity index (χ1n) is 18.7. The predicted molar refractivity (Wildman–Crippen MR) is 199 cm³/mol. The number of phosphoric acid groups is 1. The van der Waals surface area contributed by atoms with Gasteiger partial charge in [-0.05, 0) is 64.2 Å². The molecule has 0 fully saturated rings. The highest BCUT2D eigenvalue weighted by atomic mass is 31.2. The number of esters is 2. The molecule has 0 aromatic rings. The van der Waals surface area contributed by atoms with E-state index in [1.54, 1.807) is 6.08 Å². The van der Waals surface area contributed by atoms with Crippen LogP contribution in [0.25, 0.3) is 0 Å². The molecule has 3 N–H and O–H groups in total. The van der Waals surface area contributed by atoms with Crippen molar-refractivity contribution in [2.75, 3.05) is 13.2 Å². The molecule has 0 saturated carbocycles. The van der Waals surface area contributed by atoms with Gasteiger partial charge in [0.2, 0.25) is 0 Å². The van der Waals surface area contributed by atoms with E-state index in [-0.39, 0.29) is 19.4 Å². The Morgan fingerprint density at radius 1 is 0.653 bits per heavy atom. The molecule has 0 aliphatic heterocycles. The Hall–Kier alpha value is -2.29. The highest BCUT2D eigenvalue weighted by Crippen LogP contribution is 2.36. The van der Waals surface area contributed by atoms with Crippen molar-refractivity contribution in [3.63, 3.8) is 0 Å². The van der Waals surface area contributed by atoms with E-state index < -0.39 is 38.6 Å². The number of carbonyl (C=O) groups is 2. The van der Waals surface area contributed by atoms with Crippen molar-refractivity contribution in [1.82, 2.24) is 0 Å². The molecule has 10 heteroatoms. The molecule has 2 atom stereocenters. The number of carbonyl (C=O) groups excluding carboxylic acids is 2. The van der Waals surface area contributed by atoms with E-state index in [4.69, 9.17) is 19.3 Å². The highest BCUT2D eigenvalue weighted by Gasteiger charge is 2.22. The number of aliphatic hydroxyl groups is 1. The average Bonchev–Trinajstić information content (AvgIpc) is 3.06. The molecular weight excluding hydrogens is 643 g/mol. The zero-order valence-electron chi connectivity index (χ0n) is 30.4. The monoisotopic (exact) mass is 710 g/mol. The van der Waals surface area contributed by atoms with Gasteiger partial charge in [0.05, 0.1) is 12.7 Å². The van der Waals surface area contributed by atoms with Crippen LogP contribution in [0.15, 0.2) is 60.8 Å². The lowest BCUT2D eigenvalue weighted by atomic mass is 10.1. The molecule has 0 aromatic heterocycles. The second-order valence-electron chi connectivity index (χ2n) is 12.4. The van der Waals surface area contributed by atoms with Crippen molar-refractivity contribution in [2.24, 2.45) is 0 Å². The zero-order valence-corrected chi connectivity index (χ0v) is 31.3. The summed E-state index contributed by atoms with van der Waals surface area (Å²) >= 11 is 0. The molecule has 9 nitrogen and oxygen atoms in total. The number of ether oxygens (including phenoxy) is 2. The number of aliphatic hydroxyl groups excluding tert-OH is 1. The number of hydrogen-bond donors (Lipinski definition) is 3.